The Morgan fingerprint density at radius 1 is 1.13 bits per heavy atom. The van der Waals surface area contributed by atoms with Crippen molar-refractivity contribution in [3.63, 3.8) is 0 Å². The molecular weight excluding hydrogens is 497 g/mol. The largest absolute Gasteiger partial charge is 0.493 e. The Balaban J connectivity index is 1.27. The number of carbonyl (C=O) groups excluding carboxylic acids is 1. The zero-order valence-electron chi connectivity index (χ0n) is 21.7. The lowest BCUT2D eigenvalue weighted by molar-refractivity contribution is 0.0924. The molecule has 0 aliphatic carbocycles. The second-order valence-electron chi connectivity index (χ2n) is 10.1. The summed E-state index contributed by atoms with van der Waals surface area (Å²) in [6.07, 6.45) is 5.42. The standard InChI is InChI=1S/C29H30FN7O2/c1-37-15-11-29(12-16-37,28-33-26(35-36-28)19-8-13-31-14-9-19)34-24-18-20(6-7-22(24)30)27(38)32-23-10-17-39-25-5-3-2-4-21(23)25/h2-9,13-14,18,23,34H,10-12,15-17H2,1H3,(H,32,38)(H,33,35,36)/t23-/m0/s1. The lowest BCUT2D eigenvalue weighted by atomic mass is 9.86. The number of rotatable bonds is 6. The van der Waals surface area contributed by atoms with Gasteiger partial charge in [0.05, 0.1) is 23.9 Å². The van der Waals surface area contributed by atoms with Crippen LogP contribution in [0.25, 0.3) is 11.4 Å². The van der Waals surface area contributed by atoms with Crippen LogP contribution in [0.1, 0.15) is 47.1 Å². The van der Waals surface area contributed by atoms with Crippen molar-refractivity contribution in [3.05, 3.63) is 89.8 Å². The second-order valence-corrected chi connectivity index (χ2v) is 10.1. The molecule has 1 saturated heterocycles. The van der Waals surface area contributed by atoms with Gasteiger partial charge in [-0.2, -0.15) is 5.10 Å². The van der Waals surface area contributed by atoms with Gasteiger partial charge >= 0.3 is 0 Å². The van der Waals surface area contributed by atoms with Crippen molar-refractivity contribution in [2.24, 2.45) is 0 Å². The molecule has 2 aliphatic rings. The monoisotopic (exact) mass is 527 g/mol. The Kier molecular flexibility index (Phi) is 6.70. The maximum absolute atomic E-state index is 15.2. The summed E-state index contributed by atoms with van der Waals surface area (Å²) in [5.74, 6) is 1.26. The van der Waals surface area contributed by atoms with Gasteiger partial charge in [0, 0.05) is 48.6 Å². The van der Waals surface area contributed by atoms with Crippen LogP contribution in [0, 0.1) is 5.82 Å². The number of halogens is 1. The first-order valence-electron chi connectivity index (χ1n) is 13.1. The number of benzene rings is 2. The minimum absolute atomic E-state index is 0.176. The normalized spacial score (nSPS) is 18.6. The molecule has 1 amide bonds. The van der Waals surface area contributed by atoms with Crippen LogP contribution in [0.4, 0.5) is 10.1 Å². The molecular formula is C29H30FN7O2. The van der Waals surface area contributed by atoms with Crippen LogP contribution in [0.2, 0.25) is 0 Å². The zero-order valence-corrected chi connectivity index (χ0v) is 21.7. The summed E-state index contributed by atoms with van der Waals surface area (Å²) in [5.41, 5.74) is 1.73. The van der Waals surface area contributed by atoms with E-state index in [1.54, 1.807) is 18.5 Å². The Bertz CT molecular complexity index is 1470. The molecule has 0 saturated carbocycles. The molecule has 3 N–H and O–H groups in total. The first kappa shape index (κ1) is 25.0. The molecule has 2 aromatic carbocycles. The molecule has 200 valence electrons. The predicted octanol–water partition coefficient (Wildman–Crippen LogP) is 4.29. The number of pyridine rings is 1. The third-order valence-electron chi connectivity index (χ3n) is 7.58. The van der Waals surface area contributed by atoms with Gasteiger partial charge in [-0.05, 0) is 56.3 Å². The van der Waals surface area contributed by atoms with Gasteiger partial charge in [0.15, 0.2) is 11.6 Å². The number of anilines is 1. The fourth-order valence-corrected chi connectivity index (χ4v) is 5.28. The minimum Gasteiger partial charge on any atom is -0.493 e. The highest BCUT2D eigenvalue weighted by atomic mass is 19.1. The Labute approximate surface area is 225 Å². The van der Waals surface area contributed by atoms with Gasteiger partial charge in [0.2, 0.25) is 0 Å². The molecule has 0 bridgehead atoms. The molecule has 2 aliphatic heterocycles. The molecule has 0 unspecified atom stereocenters. The third kappa shape index (κ3) is 5.07. The summed E-state index contributed by atoms with van der Waals surface area (Å²) >= 11 is 0. The number of para-hydroxylation sites is 1. The van der Waals surface area contributed by atoms with Crippen LogP contribution >= 0.6 is 0 Å². The van der Waals surface area contributed by atoms with Crippen molar-refractivity contribution in [3.8, 4) is 17.1 Å². The van der Waals surface area contributed by atoms with Gasteiger partial charge in [-0.15, -0.1) is 0 Å². The van der Waals surface area contributed by atoms with E-state index < -0.39 is 11.4 Å². The van der Waals surface area contributed by atoms with E-state index in [0.29, 0.717) is 43.1 Å². The van der Waals surface area contributed by atoms with E-state index in [4.69, 9.17) is 9.72 Å². The average molecular weight is 528 g/mol. The summed E-state index contributed by atoms with van der Waals surface area (Å²) < 4.78 is 20.9. The molecule has 1 fully saturated rings. The fraction of sp³-hybridized carbons (Fsp3) is 0.310. The smallest absolute Gasteiger partial charge is 0.251 e. The van der Waals surface area contributed by atoms with E-state index in [9.17, 15) is 4.79 Å². The van der Waals surface area contributed by atoms with E-state index in [1.165, 1.54) is 12.1 Å². The average Bonchev–Trinajstić information content (AvgIpc) is 3.48. The number of aromatic amines is 1. The molecule has 0 spiro atoms. The zero-order chi connectivity index (χ0) is 26.8. The van der Waals surface area contributed by atoms with Crippen LogP contribution in [-0.2, 0) is 5.54 Å². The molecule has 9 nitrogen and oxygen atoms in total. The highest BCUT2D eigenvalue weighted by Crippen LogP contribution is 2.37. The molecule has 4 heterocycles. The quantitative estimate of drug-likeness (QED) is 0.343. The van der Waals surface area contributed by atoms with Crippen molar-refractivity contribution in [1.82, 2.24) is 30.4 Å². The minimum atomic E-state index is -0.680. The number of carbonyl (C=O) groups is 1. The van der Waals surface area contributed by atoms with Gasteiger partial charge < -0.3 is 20.3 Å². The maximum atomic E-state index is 15.2. The van der Waals surface area contributed by atoms with Crippen LogP contribution in [0.5, 0.6) is 5.75 Å². The summed E-state index contributed by atoms with van der Waals surface area (Å²) in [7, 11) is 2.06. The van der Waals surface area contributed by atoms with E-state index in [1.807, 2.05) is 36.4 Å². The first-order valence-corrected chi connectivity index (χ1v) is 13.1. The molecule has 39 heavy (non-hydrogen) atoms. The third-order valence-corrected chi connectivity index (χ3v) is 7.58. The number of hydrogen-bond acceptors (Lipinski definition) is 7. The molecule has 2 aromatic heterocycles. The van der Waals surface area contributed by atoms with Crippen LogP contribution < -0.4 is 15.4 Å². The summed E-state index contributed by atoms with van der Waals surface area (Å²) in [4.78, 5) is 24.4. The van der Waals surface area contributed by atoms with Gasteiger partial charge in [0.1, 0.15) is 11.6 Å². The lowest BCUT2D eigenvalue weighted by Gasteiger charge is -2.40. The summed E-state index contributed by atoms with van der Waals surface area (Å²) in [6.45, 7) is 2.11. The number of aromatic nitrogens is 4. The van der Waals surface area contributed by atoms with Crippen molar-refractivity contribution in [2.45, 2.75) is 30.8 Å². The van der Waals surface area contributed by atoms with E-state index >= 15 is 4.39 Å². The number of likely N-dealkylation sites (tertiary alicyclic amines) is 1. The van der Waals surface area contributed by atoms with E-state index in [0.717, 1.165) is 30.0 Å². The summed E-state index contributed by atoms with van der Waals surface area (Å²) in [6, 6.07) is 15.6. The molecule has 0 radical (unpaired) electrons. The van der Waals surface area contributed by atoms with Crippen LogP contribution in [-0.4, -0.2) is 57.7 Å². The highest BCUT2D eigenvalue weighted by Gasteiger charge is 2.39. The number of nitrogens with one attached hydrogen (secondary N) is 3. The first-order chi connectivity index (χ1) is 19.0. The Hall–Kier alpha value is -4.31. The fourth-order valence-electron chi connectivity index (χ4n) is 5.28. The van der Waals surface area contributed by atoms with Crippen LogP contribution in [0.15, 0.2) is 67.0 Å². The van der Waals surface area contributed by atoms with E-state index in [-0.39, 0.29) is 17.6 Å². The van der Waals surface area contributed by atoms with Crippen LogP contribution in [0.3, 0.4) is 0 Å². The highest BCUT2D eigenvalue weighted by molar-refractivity contribution is 5.95. The Morgan fingerprint density at radius 2 is 1.92 bits per heavy atom. The lowest BCUT2D eigenvalue weighted by Crippen LogP contribution is -2.47. The van der Waals surface area contributed by atoms with Gasteiger partial charge in [-0.25, -0.2) is 9.37 Å². The number of nitrogens with zero attached hydrogens (tertiary/aromatic N) is 4. The SMILES string of the molecule is CN1CCC(Nc2cc(C(=O)N[C@H]3CCOc4ccccc43)ccc2F)(c2nc(-c3ccncc3)n[nH]2)CC1. The van der Waals surface area contributed by atoms with Crippen molar-refractivity contribution < 1.29 is 13.9 Å². The maximum Gasteiger partial charge on any atom is 0.251 e. The Morgan fingerprint density at radius 3 is 2.74 bits per heavy atom. The number of fused-ring (bicyclic) bond motifs is 1. The molecule has 10 heteroatoms. The second kappa shape index (κ2) is 10.5. The number of hydrogen-bond donors (Lipinski definition) is 3. The summed E-state index contributed by atoms with van der Waals surface area (Å²) in [5, 5.41) is 14.1. The number of ether oxygens (including phenoxy) is 1. The number of H-pyrrole nitrogens is 1. The van der Waals surface area contributed by atoms with Gasteiger partial charge in [-0.3, -0.25) is 14.9 Å². The van der Waals surface area contributed by atoms with Crippen molar-refractivity contribution >= 4 is 11.6 Å². The topological polar surface area (TPSA) is 108 Å². The molecule has 1 atom stereocenters. The molecule has 4 aromatic rings. The van der Waals surface area contributed by atoms with Crippen molar-refractivity contribution in [2.75, 3.05) is 32.1 Å². The van der Waals surface area contributed by atoms with Gasteiger partial charge in [-0.1, -0.05) is 18.2 Å². The molecule has 6 rings (SSSR count). The number of piperidine rings is 1. The number of amides is 1. The van der Waals surface area contributed by atoms with Gasteiger partial charge in [0.25, 0.3) is 5.91 Å². The van der Waals surface area contributed by atoms with Crippen molar-refractivity contribution in [1.29, 1.82) is 0 Å². The predicted molar refractivity (Wildman–Crippen MR) is 145 cm³/mol. The van der Waals surface area contributed by atoms with E-state index in [2.05, 4.69) is 37.8 Å².